The van der Waals surface area contributed by atoms with E-state index in [1.165, 1.54) is 32.2 Å². The van der Waals surface area contributed by atoms with Crippen molar-refractivity contribution in [3.63, 3.8) is 0 Å². The number of hydrogen-bond acceptors (Lipinski definition) is 1. The Hall–Kier alpha value is -0.0400. The number of nitrogens with one attached hydrogen (secondary N) is 1. The van der Waals surface area contributed by atoms with Gasteiger partial charge in [0, 0.05) is 0 Å². The topological polar surface area (TPSA) is 12.0 Å². The summed E-state index contributed by atoms with van der Waals surface area (Å²) in [6.07, 6.45) is 5.89. The fourth-order valence-electron chi connectivity index (χ4n) is 2.57. The van der Waals surface area contributed by atoms with Crippen molar-refractivity contribution in [2.75, 3.05) is 13.6 Å². The molecular formula is C11H23N. The molecule has 1 unspecified atom stereocenters. The Morgan fingerprint density at radius 2 is 1.83 bits per heavy atom. The molecule has 0 aromatic carbocycles. The van der Waals surface area contributed by atoms with Gasteiger partial charge in [-0.2, -0.15) is 0 Å². The standard InChI is InChI=1S/C11H23N/c1-9(2)11(8-12-3)10-6-4-5-7-10/h9-12H,4-8H2,1-3H3. The van der Waals surface area contributed by atoms with Crippen LogP contribution in [-0.2, 0) is 0 Å². The third-order valence-electron chi connectivity index (χ3n) is 3.30. The molecule has 1 fully saturated rings. The molecule has 0 spiro atoms. The highest BCUT2D eigenvalue weighted by atomic mass is 14.8. The van der Waals surface area contributed by atoms with Crippen molar-refractivity contribution >= 4 is 0 Å². The Kier molecular flexibility index (Phi) is 4.07. The van der Waals surface area contributed by atoms with Gasteiger partial charge in [0.15, 0.2) is 0 Å². The predicted octanol–water partition coefficient (Wildman–Crippen LogP) is 2.67. The van der Waals surface area contributed by atoms with E-state index in [1.54, 1.807) is 0 Å². The van der Waals surface area contributed by atoms with Crippen LogP contribution >= 0.6 is 0 Å². The van der Waals surface area contributed by atoms with Crippen LogP contribution < -0.4 is 5.32 Å². The van der Waals surface area contributed by atoms with Crippen molar-refractivity contribution in [2.24, 2.45) is 17.8 Å². The average molecular weight is 169 g/mol. The number of rotatable bonds is 4. The highest BCUT2D eigenvalue weighted by Gasteiger charge is 2.26. The minimum atomic E-state index is 0.848. The first-order valence-corrected chi connectivity index (χ1v) is 5.40. The molecule has 0 heterocycles. The molecule has 72 valence electrons. The summed E-state index contributed by atoms with van der Waals surface area (Å²) in [6.45, 7) is 5.93. The average Bonchev–Trinajstić information content (AvgIpc) is 2.51. The first-order valence-electron chi connectivity index (χ1n) is 5.40. The van der Waals surface area contributed by atoms with Gasteiger partial charge < -0.3 is 5.32 Å². The smallest absolute Gasteiger partial charge is 0.00184 e. The van der Waals surface area contributed by atoms with Gasteiger partial charge in [-0.3, -0.25) is 0 Å². The molecule has 0 aromatic rings. The Morgan fingerprint density at radius 1 is 1.25 bits per heavy atom. The van der Waals surface area contributed by atoms with Crippen LogP contribution in [0.1, 0.15) is 39.5 Å². The summed E-state index contributed by atoms with van der Waals surface area (Å²) in [5.74, 6) is 2.77. The molecule has 12 heavy (non-hydrogen) atoms. The first kappa shape index (κ1) is 10.0. The van der Waals surface area contributed by atoms with Crippen molar-refractivity contribution in [2.45, 2.75) is 39.5 Å². The molecule has 1 atom stereocenters. The molecule has 0 aromatic heterocycles. The monoisotopic (exact) mass is 169 g/mol. The molecule has 1 aliphatic rings. The van der Waals surface area contributed by atoms with Crippen molar-refractivity contribution in [3.05, 3.63) is 0 Å². The van der Waals surface area contributed by atoms with Crippen molar-refractivity contribution in [1.82, 2.24) is 5.32 Å². The minimum absolute atomic E-state index is 0.848. The molecule has 1 rings (SSSR count). The van der Waals surface area contributed by atoms with Gasteiger partial charge in [-0.05, 0) is 31.3 Å². The molecule has 1 saturated carbocycles. The fourth-order valence-corrected chi connectivity index (χ4v) is 2.57. The van der Waals surface area contributed by atoms with E-state index >= 15 is 0 Å². The maximum Gasteiger partial charge on any atom is -0.00184 e. The van der Waals surface area contributed by atoms with Gasteiger partial charge in [-0.1, -0.05) is 39.5 Å². The third-order valence-corrected chi connectivity index (χ3v) is 3.30. The molecule has 0 amide bonds. The van der Waals surface area contributed by atoms with Gasteiger partial charge in [-0.25, -0.2) is 0 Å². The van der Waals surface area contributed by atoms with E-state index in [2.05, 4.69) is 26.2 Å². The Morgan fingerprint density at radius 3 is 2.25 bits per heavy atom. The Balaban J connectivity index is 2.40. The van der Waals surface area contributed by atoms with Crippen LogP contribution in [0.3, 0.4) is 0 Å². The zero-order chi connectivity index (χ0) is 8.97. The SMILES string of the molecule is CNCC(C(C)C)C1CCCC1. The molecule has 1 aliphatic carbocycles. The van der Waals surface area contributed by atoms with Crippen molar-refractivity contribution in [1.29, 1.82) is 0 Å². The van der Waals surface area contributed by atoms with Crippen LogP contribution in [-0.4, -0.2) is 13.6 Å². The lowest BCUT2D eigenvalue weighted by molar-refractivity contribution is 0.252. The van der Waals surface area contributed by atoms with Crippen molar-refractivity contribution in [3.8, 4) is 0 Å². The van der Waals surface area contributed by atoms with Crippen LogP contribution in [0.5, 0.6) is 0 Å². The summed E-state index contributed by atoms with van der Waals surface area (Å²) >= 11 is 0. The molecule has 0 bridgehead atoms. The zero-order valence-electron chi connectivity index (χ0n) is 8.77. The molecule has 1 N–H and O–H groups in total. The van der Waals surface area contributed by atoms with Crippen LogP contribution in [0, 0.1) is 17.8 Å². The minimum Gasteiger partial charge on any atom is -0.319 e. The maximum atomic E-state index is 3.33. The van der Waals surface area contributed by atoms with Gasteiger partial charge in [0.25, 0.3) is 0 Å². The fraction of sp³-hybridized carbons (Fsp3) is 1.00. The third kappa shape index (κ3) is 2.48. The lowest BCUT2D eigenvalue weighted by atomic mass is 9.82. The van der Waals surface area contributed by atoms with Crippen LogP contribution in [0.2, 0.25) is 0 Å². The second-order valence-electron chi connectivity index (χ2n) is 4.51. The Labute approximate surface area is 76.9 Å². The second kappa shape index (κ2) is 4.86. The van der Waals surface area contributed by atoms with Crippen LogP contribution in [0.15, 0.2) is 0 Å². The predicted molar refractivity (Wildman–Crippen MR) is 54.2 cm³/mol. The van der Waals surface area contributed by atoms with E-state index in [9.17, 15) is 0 Å². The summed E-state index contributed by atoms with van der Waals surface area (Å²) < 4.78 is 0. The van der Waals surface area contributed by atoms with E-state index in [-0.39, 0.29) is 0 Å². The molecular weight excluding hydrogens is 146 g/mol. The van der Waals surface area contributed by atoms with Gasteiger partial charge in [0.05, 0.1) is 0 Å². The molecule has 1 heteroatoms. The normalized spacial score (nSPS) is 22.0. The van der Waals surface area contributed by atoms with E-state index in [0.29, 0.717) is 0 Å². The molecule has 0 aliphatic heterocycles. The van der Waals surface area contributed by atoms with Gasteiger partial charge in [0.2, 0.25) is 0 Å². The maximum absolute atomic E-state index is 3.33. The number of hydrogen-bond donors (Lipinski definition) is 1. The van der Waals surface area contributed by atoms with E-state index in [4.69, 9.17) is 0 Å². The zero-order valence-corrected chi connectivity index (χ0v) is 8.77. The Bertz CT molecular complexity index is 114. The van der Waals surface area contributed by atoms with E-state index in [1.807, 2.05) is 0 Å². The van der Waals surface area contributed by atoms with E-state index < -0.39 is 0 Å². The summed E-state index contributed by atoms with van der Waals surface area (Å²) in [4.78, 5) is 0. The summed E-state index contributed by atoms with van der Waals surface area (Å²) in [7, 11) is 2.07. The summed E-state index contributed by atoms with van der Waals surface area (Å²) in [6, 6.07) is 0. The lowest BCUT2D eigenvalue weighted by Crippen LogP contribution is -2.28. The molecule has 0 saturated heterocycles. The summed E-state index contributed by atoms with van der Waals surface area (Å²) in [5, 5.41) is 3.33. The van der Waals surface area contributed by atoms with Crippen LogP contribution in [0.4, 0.5) is 0 Å². The second-order valence-corrected chi connectivity index (χ2v) is 4.51. The van der Waals surface area contributed by atoms with Gasteiger partial charge in [-0.15, -0.1) is 0 Å². The van der Waals surface area contributed by atoms with E-state index in [0.717, 1.165) is 17.8 Å². The summed E-state index contributed by atoms with van der Waals surface area (Å²) in [5.41, 5.74) is 0. The highest BCUT2D eigenvalue weighted by molar-refractivity contribution is 4.78. The quantitative estimate of drug-likeness (QED) is 0.682. The first-order chi connectivity index (χ1) is 5.75. The van der Waals surface area contributed by atoms with Gasteiger partial charge in [0.1, 0.15) is 0 Å². The molecule has 1 nitrogen and oxygen atoms in total. The van der Waals surface area contributed by atoms with Crippen LogP contribution in [0.25, 0.3) is 0 Å². The van der Waals surface area contributed by atoms with Gasteiger partial charge >= 0.3 is 0 Å². The lowest BCUT2D eigenvalue weighted by Gasteiger charge is -2.26. The molecule has 0 radical (unpaired) electrons. The van der Waals surface area contributed by atoms with Crippen molar-refractivity contribution < 1.29 is 0 Å². The largest absolute Gasteiger partial charge is 0.319 e. The highest BCUT2D eigenvalue weighted by Crippen LogP contribution is 2.34.